The van der Waals surface area contributed by atoms with Crippen molar-refractivity contribution in [1.82, 2.24) is 15.5 Å². The number of nitrogens with zero attached hydrogens (tertiary/aromatic N) is 1. The molecule has 3 aromatic carbocycles. The van der Waals surface area contributed by atoms with Crippen molar-refractivity contribution in [2.45, 2.75) is 25.5 Å². The molecule has 1 atom stereocenters. The van der Waals surface area contributed by atoms with E-state index in [-0.39, 0.29) is 38.5 Å². The average Bonchev–Trinajstić information content (AvgIpc) is 2.96. The summed E-state index contributed by atoms with van der Waals surface area (Å²) < 4.78 is 5.41. The maximum Gasteiger partial charge on any atom is 0.417 e. The van der Waals surface area contributed by atoms with E-state index in [9.17, 15) is 19.2 Å². The molecule has 0 bridgehead atoms. The van der Waals surface area contributed by atoms with Gasteiger partial charge in [-0.25, -0.2) is 9.69 Å². The first kappa shape index (κ1) is 29.6. The predicted molar refractivity (Wildman–Crippen MR) is 151 cm³/mol. The van der Waals surface area contributed by atoms with Crippen molar-refractivity contribution in [2.24, 2.45) is 11.5 Å². The third-order valence-corrected chi connectivity index (χ3v) is 5.89. The molecule has 0 aliphatic heterocycles. The zero-order valence-electron chi connectivity index (χ0n) is 21.9. The summed E-state index contributed by atoms with van der Waals surface area (Å²) in [6, 6.07) is 20.5. The van der Waals surface area contributed by atoms with Gasteiger partial charge < -0.3 is 32.2 Å². The third kappa shape index (κ3) is 8.81. The summed E-state index contributed by atoms with van der Waals surface area (Å²) in [5, 5.41) is 17.0. The molecule has 0 aliphatic rings. The molecule has 0 saturated heterocycles. The van der Waals surface area contributed by atoms with E-state index in [0.29, 0.717) is 16.2 Å². The summed E-state index contributed by atoms with van der Waals surface area (Å²) in [5.41, 5.74) is 11.8. The number of amides is 4. The quantitative estimate of drug-likeness (QED) is 0.112. The Morgan fingerprint density at radius 3 is 2.33 bits per heavy atom. The van der Waals surface area contributed by atoms with Gasteiger partial charge in [0.15, 0.2) is 5.96 Å². The Morgan fingerprint density at radius 2 is 1.62 bits per heavy atom. The van der Waals surface area contributed by atoms with E-state index in [1.807, 2.05) is 36.4 Å². The normalized spacial score (nSPS) is 11.2. The Bertz CT molecular complexity index is 1350. The van der Waals surface area contributed by atoms with Crippen LogP contribution in [0.15, 0.2) is 72.8 Å². The molecule has 4 amide bonds. The first-order valence-electron chi connectivity index (χ1n) is 12.7. The molecule has 0 aliphatic carbocycles. The van der Waals surface area contributed by atoms with Crippen LogP contribution < -0.4 is 27.4 Å². The van der Waals surface area contributed by atoms with Gasteiger partial charge in [-0.2, -0.15) is 0 Å². The Balaban J connectivity index is 1.87. The minimum absolute atomic E-state index is 0.0245. The van der Waals surface area contributed by atoms with Crippen molar-refractivity contribution < 1.29 is 23.9 Å². The van der Waals surface area contributed by atoms with Crippen LogP contribution in [0.25, 0.3) is 10.8 Å². The van der Waals surface area contributed by atoms with Gasteiger partial charge in [0.05, 0.1) is 13.1 Å². The number of nitrogens with two attached hydrogens (primary N) is 2. The van der Waals surface area contributed by atoms with Crippen molar-refractivity contribution in [3.8, 4) is 0 Å². The Kier molecular flexibility index (Phi) is 11.0. The van der Waals surface area contributed by atoms with Gasteiger partial charge in [0, 0.05) is 12.2 Å². The number of hydrogen-bond acceptors (Lipinski definition) is 7. The Morgan fingerprint density at radius 1 is 0.925 bits per heavy atom. The van der Waals surface area contributed by atoms with E-state index >= 15 is 0 Å². The summed E-state index contributed by atoms with van der Waals surface area (Å²) in [7, 11) is 0. The summed E-state index contributed by atoms with van der Waals surface area (Å²) >= 11 is 0. The first-order chi connectivity index (χ1) is 19.3. The summed E-state index contributed by atoms with van der Waals surface area (Å²) in [5.74, 6) is -2.34. The molecule has 0 saturated carbocycles. The number of carbonyl (C=O) groups is 4. The Hall–Kier alpha value is -4.97. The highest BCUT2D eigenvalue weighted by atomic mass is 16.6. The molecule has 12 heteroatoms. The number of ether oxygens (including phenoxy) is 1. The first-order valence-corrected chi connectivity index (χ1v) is 12.7. The monoisotopic (exact) mass is 547 g/mol. The van der Waals surface area contributed by atoms with Gasteiger partial charge >= 0.3 is 6.09 Å². The number of guanidine groups is 1. The van der Waals surface area contributed by atoms with Gasteiger partial charge in [0.2, 0.25) is 11.8 Å². The average molecular weight is 548 g/mol. The lowest BCUT2D eigenvalue weighted by Crippen LogP contribution is -2.54. The lowest BCUT2D eigenvalue weighted by molar-refractivity contribution is -0.137. The molecule has 0 heterocycles. The van der Waals surface area contributed by atoms with Crippen LogP contribution in [0.1, 0.15) is 18.4 Å². The molecule has 3 aromatic rings. The molecule has 0 aromatic heterocycles. The number of benzene rings is 3. The van der Waals surface area contributed by atoms with Crippen LogP contribution in [0.2, 0.25) is 0 Å². The van der Waals surface area contributed by atoms with Crippen molar-refractivity contribution in [3.05, 3.63) is 78.4 Å². The molecule has 0 spiro atoms. The van der Waals surface area contributed by atoms with E-state index in [1.165, 1.54) is 0 Å². The summed E-state index contributed by atoms with van der Waals surface area (Å²) in [4.78, 5) is 52.5. The molecule has 0 radical (unpaired) electrons. The van der Waals surface area contributed by atoms with Crippen LogP contribution in [0.3, 0.4) is 0 Å². The fraction of sp³-hybridized carbons (Fsp3) is 0.250. The maximum absolute atomic E-state index is 13.6. The zero-order valence-corrected chi connectivity index (χ0v) is 21.9. The Labute approximate surface area is 231 Å². The number of imide groups is 1. The highest BCUT2D eigenvalue weighted by Gasteiger charge is 2.36. The molecule has 40 heavy (non-hydrogen) atoms. The largest absolute Gasteiger partial charge is 0.444 e. The molecule has 0 fully saturated rings. The van der Waals surface area contributed by atoms with Crippen LogP contribution in [-0.4, -0.2) is 60.4 Å². The fourth-order valence-electron chi connectivity index (χ4n) is 3.91. The van der Waals surface area contributed by atoms with Gasteiger partial charge in [-0.05, 0) is 41.3 Å². The lowest BCUT2D eigenvalue weighted by Gasteiger charge is -2.29. The number of fused-ring (bicyclic) bond motifs is 1. The number of hydrogen-bond donors (Lipinski definition) is 6. The van der Waals surface area contributed by atoms with Crippen molar-refractivity contribution in [3.63, 3.8) is 0 Å². The standard InChI is InChI=1S/C28H33N7O5/c29-16-24(36)33-17-25(37)35(28(39)40-18-19-7-2-1-3-8-19)23(11-6-14-32-27(30)31)26(38)34-22-13-12-20-9-4-5-10-21(20)15-22/h1-5,7-10,12-13,15,23H,6,11,14,16-18,29H2,(H,33,36)(H,34,38)(H4,30,31,32)/t23-/m0/s1. The van der Waals surface area contributed by atoms with Gasteiger partial charge in [-0.1, -0.05) is 60.7 Å². The second-order valence-electron chi connectivity index (χ2n) is 8.83. The minimum atomic E-state index is -1.30. The van der Waals surface area contributed by atoms with E-state index in [0.717, 1.165) is 10.8 Å². The molecule has 0 unspecified atom stereocenters. The predicted octanol–water partition coefficient (Wildman–Crippen LogP) is 1.65. The van der Waals surface area contributed by atoms with Gasteiger partial charge in [0.1, 0.15) is 12.6 Å². The highest BCUT2D eigenvalue weighted by Crippen LogP contribution is 2.20. The van der Waals surface area contributed by atoms with E-state index in [2.05, 4.69) is 16.0 Å². The van der Waals surface area contributed by atoms with Gasteiger partial charge in [-0.15, -0.1) is 0 Å². The number of anilines is 1. The van der Waals surface area contributed by atoms with Crippen molar-refractivity contribution in [2.75, 3.05) is 25.0 Å². The van der Waals surface area contributed by atoms with E-state index < -0.39 is 36.4 Å². The van der Waals surface area contributed by atoms with Crippen molar-refractivity contribution >= 4 is 46.2 Å². The summed E-state index contributed by atoms with van der Waals surface area (Å²) in [6.45, 7) is -0.833. The van der Waals surface area contributed by atoms with E-state index in [1.54, 1.807) is 36.4 Å². The second kappa shape index (κ2) is 14.8. The minimum Gasteiger partial charge on any atom is -0.444 e. The maximum atomic E-state index is 13.6. The number of carbonyl (C=O) groups excluding carboxylic acids is 4. The molecule has 3 rings (SSSR count). The molecule has 8 N–H and O–H groups in total. The highest BCUT2D eigenvalue weighted by molar-refractivity contribution is 6.04. The van der Waals surface area contributed by atoms with Crippen LogP contribution in [0, 0.1) is 5.41 Å². The topological polar surface area (TPSA) is 193 Å². The lowest BCUT2D eigenvalue weighted by atomic mass is 10.1. The van der Waals surface area contributed by atoms with Crippen LogP contribution in [0.4, 0.5) is 10.5 Å². The van der Waals surface area contributed by atoms with Gasteiger partial charge in [0.25, 0.3) is 5.91 Å². The molecule has 12 nitrogen and oxygen atoms in total. The SMILES string of the molecule is N=C(N)NCCC[C@@H](C(=O)Nc1ccc2ccccc2c1)N(C(=O)CNC(=O)CN)C(=O)OCc1ccccc1. The molecular weight excluding hydrogens is 514 g/mol. The number of nitrogens with one attached hydrogen (secondary N) is 4. The van der Waals surface area contributed by atoms with E-state index in [4.69, 9.17) is 21.6 Å². The summed E-state index contributed by atoms with van der Waals surface area (Å²) in [6.07, 6.45) is -0.745. The van der Waals surface area contributed by atoms with Crippen LogP contribution in [0.5, 0.6) is 0 Å². The fourth-order valence-corrected chi connectivity index (χ4v) is 3.91. The third-order valence-electron chi connectivity index (χ3n) is 5.89. The molecular formula is C28H33N7O5. The number of rotatable bonds is 12. The zero-order chi connectivity index (χ0) is 28.9. The molecule has 210 valence electrons. The van der Waals surface area contributed by atoms with Gasteiger partial charge in [-0.3, -0.25) is 19.8 Å². The smallest absolute Gasteiger partial charge is 0.417 e. The van der Waals surface area contributed by atoms with Crippen LogP contribution >= 0.6 is 0 Å². The second-order valence-corrected chi connectivity index (χ2v) is 8.83. The van der Waals surface area contributed by atoms with Crippen molar-refractivity contribution in [1.29, 1.82) is 5.41 Å². The van der Waals surface area contributed by atoms with Crippen LogP contribution in [-0.2, 0) is 25.7 Å².